The number of H-pyrrole nitrogens is 1. The number of aryl methyl sites for hydroxylation is 1. The molecule has 8 nitrogen and oxygen atoms in total. The summed E-state index contributed by atoms with van der Waals surface area (Å²) in [7, 11) is 0. The zero-order valence-corrected chi connectivity index (χ0v) is 19.2. The summed E-state index contributed by atoms with van der Waals surface area (Å²) in [5, 5.41) is 3.59. The highest BCUT2D eigenvalue weighted by atomic mass is 35.5. The predicted octanol–water partition coefficient (Wildman–Crippen LogP) is 4.20. The van der Waals surface area contributed by atoms with Gasteiger partial charge in [0.25, 0.3) is 5.91 Å². The quantitative estimate of drug-likeness (QED) is 0.369. The van der Waals surface area contributed by atoms with Crippen LogP contribution < -0.4 is 10.1 Å². The molecule has 1 atom stereocenters. The van der Waals surface area contributed by atoms with Gasteiger partial charge in [-0.1, -0.05) is 23.7 Å². The third kappa shape index (κ3) is 5.18. The van der Waals surface area contributed by atoms with E-state index < -0.39 is 0 Å². The smallest absolute Gasteiger partial charge is 0.251 e. The second-order valence-electron chi connectivity index (χ2n) is 8.09. The number of hydrogen-bond acceptors (Lipinski definition) is 6. The van der Waals surface area contributed by atoms with Crippen molar-refractivity contribution in [3.05, 3.63) is 71.3 Å². The lowest BCUT2D eigenvalue weighted by Gasteiger charge is -2.15. The number of fused-ring (bicyclic) bond motifs is 1. The second kappa shape index (κ2) is 10.2. The van der Waals surface area contributed by atoms with Crippen molar-refractivity contribution >= 4 is 28.5 Å². The Bertz CT molecular complexity index is 1270. The van der Waals surface area contributed by atoms with Crippen molar-refractivity contribution in [2.24, 2.45) is 0 Å². The van der Waals surface area contributed by atoms with Gasteiger partial charge >= 0.3 is 0 Å². The first kappa shape index (κ1) is 22.3. The fourth-order valence-electron chi connectivity index (χ4n) is 3.82. The van der Waals surface area contributed by atoms with Crippen LogP contribution in [0.3, 0.4) is 0 Å². The molecule has 1 aliphatic heterocycles. The number of aromatic nitrogens is 4. The Morgan fingerprint density at radius 1 is 1.18 bits per heavy atom. The Hall–Kier alpha value is -3.49. The largest absolute Gasteiger partial charge is 0.470 e. The first-order valence-corrected chi connectivity index (χ1v) is 11.6. The van der Waals surface area contributed by atoms with Crippen LogP contribution in [0.4, 0.5) is 0 Å². The highest BCUT2D eigenvalue weighted by Crippen LogP contribution is 2.31. The average molecular weight is 478 g/mol. The summed E-state index contributed by atoms with van der Waals surface area (Å²) in [5.74, 6) is 1.20. The average Bonchev–Trinajstić information content (AvgIpc) is 3.56. The van der Waals surface area contributed by atoms with Crippen LogP contribution in [0.15, 0.2) is 54.9 Å². The first-order valence-electron chi connectivity index (χ1n) is 11.2. The van der Waals surface area contributed by atoms with Crippen LogP contribution in [0.5, 0.6) is 5.88 Å². The SMILES string of the molecule is O=C(NCCCc1ncc[nH]1)c1ccc2nc(O[C@H]3CCOC3)c(-c3ccc(Cl)cc3)nc2c1. The van der Waals surface area contributed by atoms with Gasteiger partial charge in [0.15, 0.2) is 0 Å². The maximum absolute atomic E-state index is 12.7. The van der Waals surface area contributed by atoms with Gasteiger partial charge in [0.05, 0.1) is 24.2 Å². The van der Waals surface area contributed by atoms with Crippen molar-refractivity contribution in [1.82, 2.24) is 25.3 Å². The van der Waals surface area contributed by atoms with E-state index in [9.17, 15) is 4.79 Å². The van der Waals surface area contributed by atoms with E-state index in [0.717, 1.165) is 30.7 Å². The summed E-state index contributed by atoms with van der Waals surface area (Å²) in [6, 6.07) is 12.7. The van der Waals surface area contributed by atoms with E-state index in [1.54, 1.807) is 42.7 Å². The summed E-state index contributed by atoms with van der Waals surface area (Å²) in [6.07, 6.45) is 5.82. The molecule has 9 heteroatoms. The van der Waals surface area contributed by atoms with Gasteiger partial charge in [-0.2, -0.15) is 0 Å². The number of halogens is 1. The highest BCUT2D eigenvalue weighted by Gasteiger charge is 2.22. The molecule has 34 heavy (non-hydrogen) atoms. The van der Waals surface area contributed by atoms with Gasteiger partial charge in [-0.15, -0.1) is 0 Å². The molecule has 0 spiro atoms. The van der Waals surface area contributed by atoms with Gasteiger partial charge in [-0.25, -0.2) is 15.0 Å². The van der Waals surface area contributed by atoms with Crippen LogP contribution in [0.25, 0.3) is 22.3 Å². The number of imidazole rings is 1. The first-order chi connectivity index (χ1) is 16.7. The fourth-order valence-corrected chi connectivity index (χ4v) is 3.94. The number of ether oxygens (including phenoxy) is 2. The Labute approximate surface area is 201 Å². The van der Waals surface area contributed by atoms with E-state index in [-0.39, 0.29) is 12.0 Å². The molecule has 3 heterocycles. The van der Waals surface area contributed by atoms with Crippen molar-refractivity contribution < 1.29 is 14.3 Å². The molecule has 1 saturated heterocycles. The molecule has 2 N–H and O–H groups in total. The summed E-state index contributed by atoms with van der Waals surface area (Å²) < 4.78 is 11.6. The van der Waals surface area contributed by atoms with E-state index >= 15 is 0 Å². The van der Waals surface area contributed by atoms with Crippen LogP contribution in [0, 0.1) is 0 Å². The monoisotopic (exact) mass is 477 g/mol. The molecule has 0 aliphatic carbocycles. The summed E-state index contributed by atoms with van der Waals surface area (Å²) in [6.45, 7) is 1.75. The van der Waals surface area contributed by atoms with Crippen LogP contribution in [0.1, 0.15) is 29.0 Å². The molecule has 1 amide bonds. The van der Waals surface area contributed by atoms with E-state index in [1.165, 1.54) is 0 Å². The molecule has 4 aromatic rings. The van der Waals surface area contributed by atoms with Crippen molar-refractivity contribution in [3.8, 4) is 17.1 Å². The summed E-state index contributed by atoms with van der Waals surface area (Å²) in [5.41, 5.74) is 3.23. The van der Waals surface area contributed by atoms with Crippen LogP contribution in [0.2, 0.25) is 5.02 Å². The lowest BCUT2D eigenvalue weighted by molar-refractivity contribution is 0.0953. The number of nitrogens with zero attached hydrogens (tertiary/aromatic N) is 3. The lowest BCUT2D eigenvalue weighted by Crippen LogP contribution is -2.24. The summed E-state index contributed by atoms with van der Waals surface area (Å²) in [4.78, 5) is 29.5. The van der Waals surface area contributed by atoms with Crippen LogP contribution >= 0.6 is 11.6 Å². The molecular formula is C25H24ClN5O3. The van der Waals surface area contributed by atoms with Crippen molar-refractivity contribution in [3.63, 3.8) is 0 Å². The highest BCUT2D eigenvalue weighted by molar-refractivity contribution is 6.30. The zero-order valence-electron chi connectivity index (χ0n) is 18.5. The Morgan fingerprint density at radius 2 is 2.06 bits per heavy atom. The molecule has 174 valence electrons. The van der Waals surface area contributed by atoms with Gasteiger partial charge < -0.3 is 19.8 Å². The van der Waals surface area contributed by atoms with Gasteiger partial charge in [-0.05, 0) is 36.8 Å². The number of benzene rings is 2. The van der Waals surface area contributed by atoms with Gasteiger partial charge in [0, 0.05) is 47.9 Å². The number of aromatic amines is 1. The standard InChI is InChI=1S/C25H24ClN5O3/c26-18-6-3-16(4-7-18)23-25(34-19-9-13-33-15-19)31-20-8-5-17(14-21(20)30-23)24(32)29-10-1-2-22-27-11-12-28-22/h3-8,11-12,14,19H,1-2,9-10,13,15H2,(H,27,28)(H,29,32)/t19-/m0/s1. The van der Waals surface area contributed by atoms with Gasteiger partial charge in [-0.3, -0.25) is 4.79 Å². The molecule has 0 saturated carbocycles. The maximum Gasteiger partial charge on any atom is 0.251 e. The normalized spacial score (nSPS) is 15.5. The Balaban J connectivity index is 1.38. The van der Waals surface area contributed by atoms with Crippen molar-refractivity contribution in [2.75, 3.05) is 19.8 Å². The lowest BCUT2D eigenvalue weighted by atomic mass is 10.1. The number of amides is 1. The molecule has 0 bridgehead atoms. The number of hydrogen-bond donors (Lipinski definition) is 2. The second-order valence-corrected chi connectivity index (χ2v) is 8.52. The van der Waals surface area contributed by atoms with Crippen molar-refractivity contribution in [1.29, 1.82) is 0 Å². The minimum Gasteiger partial charge on any atom is -0.470 e. The number of nitrogens with one attached hydrogen (secondary N) is 2. The molecule has 2 aromatic carbocycles. The van der Waals surface area contributed by atoms with Crippen molar-refractivity contribution in [2.45, 2.75) is 25.4 Å². The van der Waals surface area contributed by atoms with E-state index in [1.807, 2.05) is 12.1 Å². The number of carbonyl (C=O) groups is 1. The van der Waals surface area contributed by atoms with E-state index in [4.69, 9.17) is 31.0 Å². The fraction of sp³-hybridized carbons (Fsp3) is 0.280. The van der Waals surface area contributed by atoms with Gasteiger partial charge in [0.2, 0.25) is 5.88 Å². The minimum atomic E-state index is -0.153. The number of carbonyl (C=O) groups excluding carboxylic acids is 1. The topological polar surface area (TPSA) is 102 Å². The Morgan fingerprint density at radius 3 is 2.82 bits per heavy atom. The molecular weight excluding hydrogens is 454 g/mol. The molecule has 0 radical (unpaired) electrons. The maximum atomic E-state index is 12.7. The summed E-state index contributed by atoms with van der Waals surface area (Å²) >= 11 is 6.07. The predicted molar refractivity (Wildman–Crippen MR) is 129 cm³/mol. The third-order valence-electron chi connectivity index (χ3n) is 5.61. The van der Waals surface area contributed by atoms with Crippen LogP contribution in [-0.2, 0) is 11.2 Å². The Kier molecular flexibility index (Phi) is 6.69. The minimum absolute atomic E-state index is 0.0657. The van der Waals surface area contributed by atoms with Gasteiger partial charge in [0.1, 0.15) is 17.6 Å². The molecule has 2 aromatic heterocycles. The zero-order chi connectivity index (χ0) is 23.3. The third-order valence-corrected chi connectivity index (χ3v) is 5.86. The number of rotatable bonds is 8. The molecule has 1 fully saturated rings. The molecule has 0 unspecified atom stereocenters. The van der Waals surface area contributed by atoms with Crippen LogP contribution in [-0.4, -0.2) is 51.7 Å². The van der Waals surface area contributed by atoms with E-state index in [0.29, 0.717) is 53.0 Å². The van der Waals surface area contributed by atoms with E-state index in [2.05, 4.69) is 15.3 Å². The molecule has 1 aliphatic rings. The molecule has 5 rings (SSSR count).